The average molecular weight is 338 g/mol. The van der Waals surface area contributed by atoms with Gasteiger partial charge in [0.25, 0.3) is 0 Å². The summed E-state index contributed by atoms with van der Waals surface area (Å²) in [6.07, 6.45) is -0.00314. The summed E-state index contributed by atoms with van der Waals surface area (Å²) >= 11 is 2.11. The van der Waals surface area contributed by atoms with Crippen molar-refractivity contribution in [2.24, 2.45) is 0 Å². The molecule has 2 nitrogen and oxygen atoms in total. The monoisotopic (exact) mass is 338 g/mol. The van der Waals surface area contributed by atoms with Crippen LogP contribution < -0.4 is 0 Å². The van der Waals surface area contributed by atoms with E-state index < -0.39 is 11.6 Å². The lowest BCUT2D eigenvalue weighted by Crippen LogP contribution is -2.16. The first kappa shape index (κ1) is 11.8. The number of benzene rings is 1. The number of hydrogen-bond donors (Lipinski definition) is 0. The maximum Gasteiger partial charge on any atom is 0.306 e. The Balaban J connectivity index is 2.29. The van der Waals surface area contributed by atoms with E-state index in [1.807, 2.05) is 0 Å². The SMILES string of the molecule is O=C1C[C@@H](c2ccc(F)c(F)c2)[C@H](CI)O1. The van der Waals surface area contributed by atoms with Crippen molar-refractivity contribution in [3.05, 3.63) is 35.4 Å². The zero-order valence-electron chi connectivity index (χ0n) is 8.25. The molecule has 5 heteroatoms. The van der Waals surface area contributed by atoms with Crippen LogP contribution in [0.2, 0.25) is 0 Å². The summed E-state index contributed by atoms with van der Waals surface area (Å²) in [4.78, 5) is 11.2. The largest absolute Gasteiger partial charge is 0.461 e. The molecule has 1 fully saturated rings. The maximum absolute atomic E-state index is 13.1. The van der Waals surface area contributed by atoms with Gasteiger partial charge in [0.1, 0.15) is 6.10 Å². The summed E-state index contributed by atoms with van der Waals surface area (Å²) in [7, 11) is 0. The Bertz CT molecular complexity index is 422. The first-order chi connectivity index (χ1) is 7.61. The molecule has 86 valence electrons. The zero-order valence-corrected chi connectivity index (χ0v) is 10.4. The van der Waals surface area contributed by atoms with Gasteiger partial charge < -0.3 is 4.74 Å². The predicted octanol–water partition coefficient (Wildman–Crippen LogP) is 2.80. The number of ether oxygens (including phenoxy) is 1. The van der Waals surface area contributed by atoms with Crippen LogP contribution in [0.25, 0.3) is 0 Å². The summed E-state index contributed by atoms with van der Waals surface area (Å²) in [6, 6.07) is 3.73. The second-order valence-corrected chi connectivity index (χ2v) is 4.55. The number of cyclic esters (lactones) is 1. The molecule has 0 aromatic heterocycles. The van der Waals surface area contributed by atoms with E-state index >= 15 is 0 Å². The molecule has 0 N–H and O–H groups in total. The van der Waals surface area contributed by atoms with Crippen LogP contribution in [0.15, 0.2) is 18.2 Å². The molecule has 0 radical (unpaired) electrons. The summed E-state index contributed by atoms with van der Waals surface area (Å²) in [6.45, 7) is 0. The van der Waals surface area contributed by atoms with Crippen molar-refractivity contribution in [2.75, 3.05) is 4.43 Å². The van der Waals surface area contributed by atoms with Crippen LogP contribution in [0.5, 0.6) is 0 Å². The van der Waals surface area contributed by atoms with Crippen LogP contribution >= 0.6 is 22.6 Å². The number of hydrogen-bond acceptors (Lipinski definition) is 2. The van der Waals surface area contributed by atoms with Gasteiger partial charge in [-0.3, -0.25) is 4.79 Å². The fourth-order valence-electron chi connectivity index (χ4n) is 1.82. The van der Waals surface area contributed by atoms with E-state index in [9.17, 15) is 13.6 Å². The Morgan fingerprint density at radius 2 is 2.12 bits per heavy atom. The molecule has 1 aromatic rings. The third-order valence-electron chi connectivity index (χ3n) is 2.64. The molecular formula is C11H9F2IO2. The molecular weight excluding hydrogens is 329 g/mol. The van der Waals surface area contributed by atoms with E-state index in [2.05, 4.69) is 22.6 Å². The normalized spacial score (nSPS) is 24.6. The smallest absolute Gasteiger partial charge is 0.306 e. The minimum atomic E-state index is -0.885. The lowest BCUT2D eigenvalue weighted by atomic mass is 9.93. The van der Waals surface area contributed by atoms with E-state index in [1.165, 1.54) is 6.07 Å². The van der Waals surface area contributed by atoms with Crippen LogP contribution in [0.4, 0.5) is 8.78 Å². The van der Waals surface area contributed by atoms with Gasteiger partial charge in [-0.1, -0.05) is 28.7 Å². The van der Waals surface area contributed by atoms with Crippen LogP contribution in [0.3, 0.4) is 0 Å². The first-order valence-electron chi connectivity index (χ1n) is 4.82. The summed E-state index contributed by atoms with van der Waals surface area (Å²) in [5.74, 6) is -2.21. The lowest BCUT2D eigenvalue weighted by Gasteiger charge is -2.15. The van der Waals surface area contributed by atoms with Gasteiger partial charge in [-0.25, -0.2) is 8.78 Å². The van der Waals surface area contributed by atoms with Crippen molar-refractivity contribution in [3.8, 4) is 0 Å². The Labute approximate surface area is 105 Å². The number of rotatable bonds is 2. The number of carbonyl (C=O) groups is 1. The molecule has 0 bridgehead atoms. The minimum absolute atomic E-state index is 0.167. The van der Waals surface area contributed by atoms with Crippen LogP contribution in [0.1, 0.15) is 17.9 Å². The molecule has 1 aliphatic heterocycles. The van der Waals surface area contributed by atoms with E-state index in [0.717, 1.165) is 12.1 Å². The fourth-order valence-corrected chi connectivity index (χ4v) is 2.62. The van der Waals surface area contributed by atoms with Gasteiger partial charge in [0.15, 0.2) is 11.6 Å². The molecule has 2 atom stereocenters. The van der Waals surface area contributed by atoms with Gasteiger partial charge >= 0.3 is 5.97 Å². The van der Waals surface area contributed by atoms with Crippen LogP contribution in [-0.4, -0.2) is 16.5 Å². The van der Waals surface area contributed by atoms with E-state index in [4.69, 9.17) is 4.74 Å². The fraction of sp³-hybridized carbons (Fsp3) is 0.364. The predicted molar refractivity (Wildman–Crippen MR) is 62.5 cm³/mol. The molecule has 1 aromatic carbocycles. The van der Waals surface area contributed by atoms with Gasteiger partial charge in [0.05, 0.1) is 6.42 Å². The van der Waals surface area contributed by atoms with Crippen LogP contribution in [0, 0.1) is 11.6 Å². The van der Waals surface area contributed by atoms with Gasteiger partial charge in [-0.2, -0.15) is 0 Å². The summed E-state index contributed by atoms with van der Waals surface area (Å²) in [5, 5.41) is 0. The first-order valence-corrected chi connectivity index (χ1v) is 6.34. The van der Waals surface area contributed by atoms with E-state index in [-0.39, 0.29) is 24.4 Å². The van der Waals surface area contributed by atoms with Crippen molar-refractivity contribution in [1.29, 1.82) is 0 Å². The number of esters is 1. The Morgan fingerprint density at radius 1 is 1.38 bits per heavy atom. The summed E-state index contributed by atoms with van der Waals surface area (Å²) in [5.41, 5.74) is 0.617. The van der Waals surface area contributed by atoms with Gasteiger partial charge in [-0.05, 0) is 17.7 Å². The van der Waals surface area contributed by atoms with Crippen molar-refractivity contribution >= 4 is 28.6 Å². The second kappa shape index (κ2) is 4.65. The highest BCUT2D eigenvalue weighted by Gasteiger charge is 2.35. The number of alkyl halides is 1. The highest BCUT2D eigenvalue weighted by Crippen LogP contribution is 2.33. The molecule has 1 heterocycles. The molecule has 0 spiro atoms. The molecule has 16 heavy (non-hydrogen) atoms. The topological polar surface area (TPSA) is 26.3 Å². The van der Waals surface area contributed by atoms with E-state index in [0.29, 0.717) is 9.99 Å². The Morgan fingerprint density at radius 3 is 2.75 bits per heavy atom. The zero-order chi connectivity index (χ0) is 11.7. The summed E-state index contributed by atoms with van der Waals surface area (Å²) < 4.78 is 31.6. The van der Waals surface area contributed by atoms with Crippen molar-refractivity contribution in [3.63, 3.8) is 0 Å². The molecule has 1 saturated heterocycles. The average Bonchev–Trinajstić information content (AvgIpc) is 2.63. The second-order valence-electron chi connectivity index (χ2n) is 3.67. The maximum atomic E-state index is 13.1. The van der Waals surface area contributed by atoms with Gasteiger partial charge in [0.2, 0.25) is 0 Å². The van der Waals surface area contributed by atoms with Crippen molar-refractivity contribution in [1.82, 2.24) is 0 Å². The third kappa shape index (κ3) is 2.18. The standard InChI is InChI=1S/C11H9F2IO2/c12-8-2-1-6(3-9(8)13)7-4-11(15)16-10(7)5-14/h1-3,7,10H,4-5H2/t7-,10-/m0/s1. The Kier molecular flexibility index (Phi) is 3.41. The quantitative estimate of drug-likeness (QED) is 0.471. The highest BCUT2D eigenvalue weighted by atomic mass is 127. The molecule has 1 aliphatic rings. The minimum Gasteiger partial charge on any atom is -0.461 e. The molecule has 2 rings (SSSR count). The lowest BCUT2D eigenvalue weighted by molar-refractivity contribution is -0.140. The number of carbonyl (C=O) groups excluding carboxylic acids is 1. The highest BCUT2D eigenvalue weighted by molar-refractivity contribution is 14.1. The molecule has 0 unspecified atom stereocenters. The molecule has 0 saturated carbocycles. The third-order valence-corrected chi connectivity index (χ3v) is 3.51. The van der Waals surface area contributed by atoms with Crippen molar-refractivity contribution < 1.29 is 18.3 Å². The van der Waals surface area contributed by atoms with Crippen LogP contribution in [-0.2, 0) is 9.53 Å². The van der Waals surface area contributed by atoms with Gasteiger partial charge in [0, 0.05) is 10.3 Å². The number of halogens is 3. The molecule has 0 aliphatic carbocycles. The van der Waals surface area contributed by atoms with Gasteiger partial charge in [-0.15, -0.1) is 0 Å². The Hall–Kier alpha value is -0.720. The van der Waals surface area contributed by atoms with Crippen molar-refractivity contribution in [2.45, 2.75) is 18.4 Å². The van der Waals surface area contributed by atoms with E-state index in [1.54, 1.807) is 0 Å². The molecule has 0 amide bonds.